The number of anilines is 2. The summed E-state index contributed by atoms with van der Waals surface area (Å²) in [4.78, 5) is 29.0. The molecule has 0 saturated carbocycles. The van der Waals surface area contributed by atoms with E-state index < -0.39 is 9.84 Å². The van der Waals surface area contributed by atoms with E-state index in [1.165, 1.54) is 0 Å². The molecule has 40 heavy (non-hydrogen) atoms. The summed E-state index contributed by atoms with van der Waals surface area (Å²) in [5.74, 6) is 0.905. The maximum atomic E-state index is 13.4. The van der Waals surface area contributed by atoms with Crippen LogP contribution < -0.4 is 10.1 Å². The SMILES string of the molecule is COc1ccc2ncc(Nc3ccc([C@H](N(C)C(=O)C4CCS(=O)(=O)CC4)C(C)(C)C)cn3)c([C@H](C)OC)c2n1. The quantitative estimate of drug-likeness (QED) is 0.405. The topological polar surface area (TPSA) is 124 Å². The van der Waals surface area contributed by atoms with Gasteiger partial charge in [-0.05, 0) is 42.9 Å². The number of carbonyl (C=O) groups excluding carboxylic acids is 1. The van der Waals surface area contributed by atoms with Gasteiger partial charge < -0.3 is 19.7 Å². The molecule has 1 saturated heterocycles. The lowest BCUT2D eigenvalue weighted by atomic mass is 9.81. The van der Waals surface area contributed by atoms with Crippen LogP contribution >= 0.6 is 0 Å². The molecule has 0 bridgehead atoms. The Morgan fingerprint density at radius 3 is 2.35 bits per heavy atom. The Kier molecular flexibility index (Phi) is 8.65. The van der Waals surface area contributed by atoms with Crippen molar-refractivity contribution < 1.29 is 22.7 Å². The van der Waals surface area contributed by atoms with E-state index in [2.05, 4.69) is 41.0 Å². The van der Waals surface area contributed by atoms with Gasteiger partial charge in [0.25, 0.3) is 0 Å². The summed E-state index contributed by atoms with van der Waals surface area (Å²) in [5.41, 5.74) is 3.57. The molecule has 1 aliphatic heterocycles. The van der Waals surface area contributed by atoms with Gasteiger partial charge >= 0.3 is 0 Å². The van der Waals surface area contributed by atoms with Crippen LogP contribution in [0.5, 0.6) is 5.88 Å². The van der Waals surface area contributed by atoms with Gasteiger partial charge in [0.2, 0.25) is 11.8 Å². The maximum absolute atomic E-state index is 13.4. The van der Waals surface area contributed by atoms with Crippen molar-refractivity contribution in [1.29, 1.82) is 0 Å². The zero-order valence-corrected chi connectivity index (χ0v) is 25.1. The largest absolute Gasteiger partial charge is 0.481 e. The van der Waals surface area contributed by atoms with Crippen molar-refractivity contribution in [2.75, 3.05) is 38.1 Å². The second kappa shape index (κ2) is 11.7. The normalized spacial score (nSPS) is 17.3. The first-order valence-electron chi connectivity index (χ1n) is 13.4. The van der Waals surface area contributed by atoms with Crippen LogP contribution in [0.3, 0.4) is 0 Å². The van der Waals surface area contributed by atoms with Crippen LogP contribution in [0.15, 0.2) is 36.7 Å². The van der Waals surface area contributed by atoms with Crippen LogP contribution in [0.4, 0.5) is 11.5 Å². The molecular weight excluding hydrogens is 530 g/mol. The number of aromatic nitrogens is 3. The molecular formula is C29H39N5O5S. The van der Waals surface area contributed by atoms with E-state index in [-0.39, 0.29) is 40.9 Å². The van der Waals surface area contributed by atoms with Crippen molar-refractivity contribution in [1.82, 2.24) is 19.9 Å². The molecule has 10 nitrogen and oxygen atoms in total. The molecule has 3 aromatic heterocycles. The predicted molar refractivity (Wildman–Crippen MR) is 155 cm³/mol. The average Bonchev–Trinajstić information content (AvgIpc) is 2.92. The van der Waals surface area contributed by atoms with Gasteiger partial charge in [0.05, 0.1) is 48.2 Å². The van der Waals surface area contributed by atoms with E-state index in [9.17, 15) is 13.2 Å². The van der Waals surface area contributed by atoms with Gasteiger partial charge in [-0.25, -0.2) is 18.4 Å². The third-order valence-electron chi connectivity index (χ3n) is 7.52. The molecule has 1 fully saturated rings. The Bertz CT molecular complexity index is 1460. The van der Waals surface area contributed by atoms with Crippen molar-refractivity contribution in [2.24, 2.45) is 11.3 Å². The number of carbonyl (C=O) groups is 1. The molecule has 1 amide bonds. The minimum absolute atomic E-state index is 0.0274. The molecule has 0 aliphatic carbocycles. The highest BCUT2D eigenvalue weighted by Gasteiger charge is 2.37. The number of amides is 1. The summed E-state index contributed by atoms with van der Waals surface area (Å²) < 4.78 is 34.7. The summed E-state index contributed by atoms with van der Waals surface area (Å²) in [6.45, 7) is 8.19. The first-order chi connectivity index (χ1) is 18.8. The lowest BCUT2D eigenvalue weighted by Crippen LogP contribution is -2.43. The smallest absolute Gasteiger partial charge is 0.226 e. The highest BCUT2D eigenvalue weighted by molar-refractivity contribution is 7.91. The predicted octanol–water partition coefficient (Wildman–Crippen LogP) is 4.85. The lowest BCUT2D eigenvalue weighted by Gasteiger charge is -2.40. The lowest BCUT2D eigenvalue weighted by molar-refractivity contribution is -0.139. The van der Waals surface area contributed by atoms with Gasteiger partial charge in [0.1, 0.15) is 21.2 Å². The van der Waals surface area contributed by atoms with Crippen LogP contribution in [0.2, 0.25) is 0 Å². The van der Waals surface area contributed by atoms with Crippen LogP contribution in [0, 0.1) is 11.3 Å². The standard InChI is InChI=1S/C29H39N5O5S/c1-18(38-6)25-22(17-30-21-9-11-24(39-7)33-26(21)25)32-23-10-8-20(16-31-23)27(29(2,3)4)34(5)28(35)19-12-14-40(36,37)15-13-19/h8-11,16-19,27H,12-15H2,1-7H3,(H,31,32)/t18-,27-/m0/s1. The molecule has 3 aromatic rings. The molecule has 4 heterocycles. The van der Waals surface area contributed by atoms with E-state index in [1.807, 2.05) is 25.1 Å². The molecule has 11 heteroatoms. The Morgan fingerprint density at radius 2 is 1.77 bits per heavy atom. The van der Waals surface area contributed by atoms with Crippen molar-refractivity contribution >= 4 is 38.3 Å². The first kappa shape index (κ1) is 29.7. The summed E-state index contributed by atoms with van der Waals surface area (Å²) in [7, 11) is 1.97. The Hall–Kier alpha value is -3.31. The maximum Gasteiger partial charge on any atom is 0.226 e. The van der Waals surface area contributed by atoms with Gasteiger partial charge in [-0.2, -0.15) is 0 Å². The fraction of sp³-hybridized carbons (Fsp3) is 0.517. The number of rotatable bonds is 8. The van der Waals surface area contributed by atoms with Gasteiger partial charge in [-0.15, -0.1) is 0 Å². The highest BCUT2D eigenvalue weighted by atomic mass is 32.2. The van der Waals surface area contributed by atoms with E-state index in [0.717, 1.165) is 22.3 Å². The Labute approximate surface area is 236 Å². The van der Waals surface area contributed by atoms with Crippen molar-refractivity contribution in [2.45, 2.75) is 52.7 Å². The second-order valence-corrected chi connectivity index (χ2v) is 13.7. The Balaban J connectivity index is 1.61. The Morgan fingerprint density at radius 1 is 1.07 bits per heavy atom. The van der Waals surface area contributed by atoms with E-state index >= 15 is 0 Å². The summed E-state index contributed by atoms with van der Waals surface area (Å²) in [6.07, 6.45) is 3.98. The number of ether oxygens (including phenoxy) is 2. The third kappa shape index (κ3) is 6.36. The molecule has 1 N–H and O–H groups in total. The zero-order chi connectivity index (χ0) is 29.2. The monoisotopic (exact) mass is 569 g/mol. The fourth-order valence-electron chi connectivity index (χ4n) is 5.45. The highest BCUT2D eigenvalue weighted by Crippen LogP contribution is 2.39. The molecule has 0 aromatic carbocycles. The minimum atomic E-state index is -3.04. The average molecular weight is 570 g/mol. The number of pyridine rings is 3. The molecule has 4 rings (SSSR count). The number of hydrogen-bond donors (Lipinski definition) is 1. The summed E-state index contributed by atoms with van der Waals surface area (Å²) >= 11 is 0. The van der Waals surface area contributed by atoms with Gasteiger partial charge in [0.15, 0.2) is 0 Å². The van der Waals surface area contributed by atoms with E-state index in [0.29, 0.717) is 30.1 Å². The van der Waals surface area contributed by atoms with E-state index in [4.69, 9.17) is 9.47 Å². The minimum Gasteiger partial charge on any atom is -0.481 e. The molecule has 0 spiro atoms. The van der Waals surface area contributed by atoms with Crippen molar-refractivity contribution in [3.63, 3.8) is 0 Å². The van der Waals surface area contributed by atoms with Crippen LogP contribution in [0.25, 0.3) is 11.0 Å². The first-order valence-corrected chi connectivity index (χ1v) is 15.2. The second-order valence-electron chi connectivity index (χ2n) is 11.4. The van der Waals surface area contributed by atoms with Gasteiger partial charge in [-0.1, -0.05) is 26.8 Å². The third-order valence-corrected chi connectivity index (χ3v) is 9.24. The van der Waals surface area contributed by atoms with E-state index in [1.54, 1.807) is 44.6 Å². The van der Waals surface area contributed by atoms with Gasteiger partial charge in [0, 0.05) is 37.9 Å². The zero-order valence-electron chi connectivity index (χ0n) is 24.3. The van der Waals surface area contributed by atoms with Crippen LogP contribution in [0.1, 0.15) is 63.8 Å². The molecule has 0 radical (unpaired) electrons. The number of nitrogens with zero attached hydrogens (tertiary/aromatic N) is 4. The fourth-order valence-corrected chi connectivity index (χ4v) is 6.94. The van der Waals surface area contributed by atoms with Crippen LogP contribution in [-0.2, 0) is 19.4 Å². The number of nitrogens with one attached hydrogen (secondary N) is 1. The summed E-state index contributed by atoms with van der Waals surface area (Å²) in [6, 6.07) is 7.23. The van der Waals surface area contributed by atoms with Crippen LogP contribution in [-0.4, -0.2) is 66.9 Å². The number of sulfone groups is 1. The number of fused-ring (bicyclic) bond motifs is 1. The molecule has 1 aliphatic rings. The van der Waals surface area contributed by atoms with Crippen molar-refractivity contribution in [3.8, 4) is 5.88 Å². The van der Waals surface area contributed by atoms with Crippen molar-refractivity contribution in [3.05, 3.63) is 47.8 Å². The number of methoxy groups -OCH3 is 2. The molecule has 2 atom stereocenters. The summed E-state index contributed by atoms with van der Waals surface area (Å²) in [5, 5.41) is 3.36. The molecule has 0 unspecified atom stereocenters. The van der Waals surface area contributed by atoms with Gasteiger partial charge in [-0.3, -0.25) is 9.78 Å². The molecule has 216 valence electrons. The number of hydrogen-bond acceptors (Lipinski definition) is 9.